The molecule has 17 nitrogen and oxygen atoms in total. The normalized spacial score (nSPS) is 36.5. The zero-order valence-electron chi connectivity index (χ0n) is 41.5. The van der Waals surface area contributed by atoms with Crippen molar-refractivity contribution >= 4 is 29.5 Å². The number of aliphatic hydroxyl groups is 3. The molecular weight excluding hydrogens is 867 g/mol. The molecule has 3 aliphatic heterocycles. The Morgan fingerprint density at radius 1 is 0.910 bits per heavy atom. The van der Waals surface area contributed by atoms with Crippen molar-refractivity contribution in [3.8, 4) is 0 Å². The van der Waals surface area contributed by atoms with Gasteiger partial charge in [-0.3, -0.25) is 14.4 Å². The number of methoxy groups -OCH3 is 3. The van der Waals surface area contributed by atoms with Crippen molar-refractivity contribution in [3.05, 3.63) is 23.3 Å². The molecule has 6 N–H and O–H groups in total. The average molecular weight is 950 g/mol. The second kappa shape index (κ2) is 27.2. The Morgan fingerprint density at radius 3 is 2.28 bits per heavy atom. The van der Waals surface area contributed by atoms with E-state index < -0.39 is 96.1 Å². The molecule has 0 spiro atoms. The number of ketones is 2. The summed E-state index contributed by atoms with van der Waals surface area (Å²) in [6.07, 6.45) is 5.07. The zero-order chi connectivity index (χ0) is 49.4. The third-order valence-corrected chi connectivity index (χ3v) is 14.5. The van der Waals surface area contributed by atoms with Gasteiger partial charge in [0.2, 0.25) is 5.79 Å². The molecule has 2 saturated heterocycles. The summed E-state index contributed by atoms with van der Waals surface area (Å²) in [7, 11) is 4.56. The molecule has 3 heterocycles. The van der Waals surface area contributed by atoms with Crippen molar-refractivity contribution in [1.29, 1.82) is 0 Å². The van der Waals surface area contributed by atoms with Crippen LogP contribution in [0.15, 0.2) is 23.3 Å². The number of fused-ring (bicyclic) bond motifs is 3. The van der Waals surface area contributed by atoms with Crippen molar-refractivity contribution in [2.75, 3.05) is 47.6 Å². The van der Waals surface area contributed by atoms with E-state index >= 15 is 0 Å². The van der Waals surface area contributed by atoms with Crippen LogP contribution < -0.4 is 11.1 Å². The number of amides is 2. The van der Waals surface area contributed by atoms with Crippen LogP contribution in [0.25, 0.3) is 0 Å². The molecular formula is C50H83N3O14. The number of nitrogens with two attached hydrogens (primary N) is 1. The van der Waals surface area contributed by atoms with E-state index in [2.05, 4.69) is 5.32 Å². The molecule has 14 atom stereocenters. The van der Waals surface area contributed by atoms with E-state index in [1.54, 1.807) is 27.9 Å². The fourth-order valence-electron chi connectivity index (χ4n) is 10.4. The monoisotopic (exact) mass is 950 g/mol. The van der Waals surface area contributed by atoms with E-state index in [0.717, 1.165) is 36.2 Å². The highest BCUT2D eigenvalue weighted by molar-refractivity contribution is 6.39. The molecule has 382 valence electrons. The van der Waals surface area contributed by atoms with Gasteiger partial charge in [-0.15, -0.1) is 0 Å². The third-order valence-electron chi connectivity index (χ3n) is 14.5. The van der Waals surface area contributed by atoms with Crippen LogP contribution in [0, 0.1) is 29.6 Å². The fourth-order valence-corrected chi connectivity index (χ4v) is 10.4. The number of rotatable bonds is 14. The van der Waals surface area contributed by atoms with Crippen molar-refractivity contribution in [2.24, 2.45) is 35.3 Å². The number of hydrogen-bond acceptors (Lipinski definition) is 15. The standard InChI is InChI=1S/C50H83N3O14/c1-30-23-31(2)25-42(63-7)45-43(64-8)27-33(4)50(61,67-45)46(57)47(58)53-21-14-11-15-37(53)48(59)66-44(32(3)26-35-16-17-38(54)41(28-35)62-6)34(5)39(55)29-40(56)36(24-30)18-22-65-49(60)52-20-13-10-9-12-19-51/h24,26,31,33-39,41-45,54-55,61H,9-23,25,27-29,51H2,1-8H3,(H,52,60)/b30-24+,32-26+/t31-,33+,34+,35-,36?,37-,38+,39-,41+,42-,43-,44?,45+,50+/m0/s1. The van der Waals surface area contributed by atoms with Crippen LogP contribution in [0.5, 0.6) is 0 Å². The van der Waals surface area contributed by atoms with Gasteiger partial charge in [-0.2, -0.15) is 0 Å². The smallest absolute Gasteiger partial charge is 0.407 e. The van der Waals surface area contributed by atoms with E-state index in [0.29, 0.717) is 63.6 Å². The Kier molecular flexibility index (Phi) is 22.9. The maximum Gasteiger partial charge on any atom is 0.407 e. The number of allylic oxidation sites excluding steroid dienone is 3. The summed E-state index contributed by atoms with van der Waals surface area (Å²) in [6.45, 7) is 10.1. The lowest BCUT2D eigenvalue weighted by atomic mass is 9.81. The van der Waals surface area contributed by atoms with Gasteiger partial charge in [0.1, 0.15) is 24.0 Å². The van der Waals surface area contributed by atoms with Gasteiger partial charge in [0.25, 0.3) is 11.7 Å². The predicted octanol–water partition coefficient (Wildman–Crippen LogP) is 4.70. The first kappa shape index (κ1) is 56.3. The van der Waals surface area contributed by atoms with Gasteiger partial charge in [0.15, 0.2) is 0 Å². The first-order valence-electron chi connectivity index (χ1n) is 24.8. The summed E-state index contributed by atoms with van der Waals surface area (Å²) in [6, 6.07) is -1.19. The van der Waals surface area contributed by atoms with Gasteiger partial charge in [-0.1, -0.05) is 51.3 Å². The quantitative estimate of drug-likeness (QED) is 0.0686. The topological polar surface area (TPSA) is 243 Å². The van der Waals surface area contributed by atoms with Crippen LogP contribution in [0.1, 0.15) is 131 Å². The van der Waals surface area contributed by atoms with E-state index in [9.17, 15) is 39.3 Å². The summed E-state index contributed by atoms with van der Waals surface area (Å²) < 4.78 is 35.5. The minimum atomic E-state index is -2.55. The van der Waals surface area contributed by atoms with Crippen LogP contribution in [0.2, 0.25) is 0 Å². The number of carbonyl (C=O) groups excluding carboxylic acids is 5. The number of alkyl carbamates (subject to hydrolysis) is 1. The number of carbonyl (C=O) groups is 5. The molecule has 2 unspecified atom stereocenters. The Balaban J connectivity index is 1.72. The maximum atomic E-state index is 14.5. The summed E-state index contributed by atoms with van der Waals surface area (Å²) in [5, 5.41) is 37.3. The van der Waals surface area contributed by atoms with E-state index in [4.69, 9.17) is 34.2 Å². The molecule has 0 aromatic rings. The highest BCUT2D eigenvalue weighted by Crippen LogP contribution is 2.39. The minimum absolute atomic E-state index is 0.0547. The maximum absolute atomic E-state index is 14.5. The number of hydrogen-bond donors (Lipinski definition) is 5. The van der Waals surface area contributed by atoms with Gasteiger partial charge >= 0.3 is 12.1 Å². The van der Waals surface area contributed by atoms with Crippen molar-refractivity contribution < 1.29 is 67.7 Å². The van der Waals surface area contributed by atoms with Gasteiger partial charge < -0.3 is 59.7 Å². The number of esters is 1. The minimum Gasteiger partial charge on any atom is -0.456 e. The van der Waals surface area contributed by atoms with Crippen LogP contribution in [-0.4, -0.2) is 152 Å². The number of piperidine rings is 1. The third kappa shape index (κ3) is 15.6. The lowest BCUT2D eigenvalue weighted by molar-refractivity contribution is -0.302. The largest absolute Gasteiger partial charge is 0.456 e. The second-order valence-corrected chi connectivity index (χ2v) is 19.8. The number of unbranched alkanes of at least 4 members (excludes halogenated alkanes) is 3. The summed E-state index contributed by atoms with van der Waals surface area (Å²) >= 11 is 0. The molecule has 2 bridgehead atoms. The number of nitrogens with zero attached hydrogens (tertiary/aromatic N) is 1. The first-order valence-corrected chi connectivity index (χ1v) is 24.8. The number of nitrogens with one attached hydrogen (secondary N) is 1. The molecule has 0 aromatic carbocycles. The molecule has 1 aliphatic carbocycles. The van der Waals surface area contributed by atoms with Crippen LogP contribution in [-0.2, 0) is 47.6 Å². The van der Waals surface area contributed by atoms with Gasteiger partial charge in [-0.25, -0.2) is 9.59 Å². The number of cyclic esters (lactones) is 1. The Morgan fingerprint density at radius 2 is 1.60 bits per heavy atom. The van der Waals surface area contributed by atoms with Crippen LogP contribution in [0.4, 0.5) is 4.79 Å². The Hall–Kier alpha value is -3.29. The molecule has 3 fully saturated rings. The van der Waals surface area contributed by atoms with E-state index in [1.165, 1.54) is 14.2 Å². The predicted molar refractivity (Wildman–Crippen MR) is 249 cm³/mol. The average Bonchev–Trinajstić information content (AvgIpc) is 3.30. The SMILES string of the molecule is CO[C@H]1C[C@@H](C)C/C(C)=C/C(CCOC(=O)NCCCCCCN)C(=O)C[C@H](O)[C@@H](C)C(/C(C)=C/[C@@H]2CC[C@@H](O)[C@H](OC)C2)OC(=O)[C@@H]2CCCCN2C(=O)C(=O)[C@]2(O)O[C@H]1[C@@H](OC)C[C@H]2C. The first-order chi connectivity index (χ1) is 31.9. The van der Waals surface area contributed by atoms with E-state index in [-0.39, 0.29) is 56.5 Å². The lowest BCUT2D eigenvalue weighted by Gasteiger charge is -2.47. The molecule has 4 aliphatic rings. The van der Waals surface area contributed by atoms with Gasteiger partial charge in [0, 0.05) is 58.6 Å². The molecule has 1 saturated carbocycles. The summed E-state index contributed by atoms with van der Waals surface area (Å²) in [5.74, 6) is -8.47. The second-order valence-electron chi connectivity index (χ2n) is 19.8. The van der Waals surface area contributed by atoms with Gasteiger partial charge in [0.05, 0.1) is 37.1 Å². The molecule has 4 rings (SSSR count). The lowest BCUT2D eigenvalue weighted by Crippen LogP contribution is -2.64. The van der Waals surface area contributed by atoms with Gasteiger partial charge in [-0.05, 0) is 115 Å². The Labute approximate surface area is 398 Å². The number of Topliss-reactive ketones (excluding diaryl/α,β-unsaturated/α-hetero) is 2. The van der Waals surface area contributed by atoms with Crippen LogP contribution >= 0.6 is 0 Å². The number of ether oxygens (including phenoxy) is 6. The van der Waals surface area contributed by atoms with Crippen molar-refractivity contribution in [3.63, 3.8) is 0 Å². The molecule has 2 amide bonds. The van der Waals surface area contributed by atoms with Crippen molar-refractivity contribution in [1.82, 2.24) is 10.2 Å². The highest BCUT2D eigenvalue weighted by Gasteiger charge is 2.56. The van der Waals surface area contributed by atoms with Crippen LogP contribution in [0.3, 0.4) is 0 Å². The Bertz CT molecular complexity index is 1690. The zero-order valence-corrected chi connectivity index (χ0v) is 41.5. The summed E-state index contributed by atoms with van der Waals surface area (Å²) in [4.78, 5) is 71.3. The molecule has 67 heavy (non-hydrogen) atoms. The molecule has 17 heteroatoms. The van der Waals surface area contributed by atoms with Crippen molar-refractivity contribution in [2.45, 2.75) is 185 Å². The molecule has 0 radical (unpaired) electrons. The summed E-state index contributed by atoms with van der Waals surface area (Å²) in [5.41, 5.74) is 7.06. The molecule has 0 aromatic heterocycles. The van der Waals surface area contributed by atoms with E-state index in [1.807, 2.05) is 26.0 Å². The highest BCUT2D eigenvalue weighted by atomic mass is 16.7. The fraction of sp³-hybridized carbons (Fsp3) is 0.820. The number of aliphatic hydroxyl groups excluding tert-OH is 2.